The van der Waals surface area contributed by atoms with E-state index in [9.17, 15) is 9.59 Å². The summed E-state index contributed by atoms with van der Waals surface area (Å²) in [5.74, 6) is 0.894. The summed E-state index contributed by atoms with van der Waals surface area (Å²) < 4.78 is 0. The Hall–Kier alpha value is -2.27. The van der Waals surface area contributed by atoms with Crippen LogP contribution < -0.4 is 5.32 Å². The number of thioether (sulfide) groups is 1. The maximum Gasteiger partial charge on any atom is 0.254 e. The molecule has 1 unspecified atom stereocenters. The smallest absolute Gasteiger partial charge is 0.254 e. The number of carbonyl (C=O) groups is 2. The van der Waals surface area contributed by atoms with E-state index in [1.54, 1.807) is 11.8 Å². The lowest BCUT2D eigenvalue weighted by Gasteiger charge is -2.36. The number of nitrogens with zero attached hydrogens (tertiary/aromatic N) is 1. The molecule has 0 saturated heterocycles. The SMILES string of the molecule is O=C1CCSc2ccc(C(=O)N(C3CC3)C3CCCc4ccccc43)cc2N1. The van der Waals surface area contributed by atoms with E-state index in [4.69, 9.17) is 0 Å². The van der Waals surface area contributed by atoms with Gasteiger partial charge >= 0.3 is 0 Å². The molecule has 1 heterocycles. The van der Waals surface area contributed by atoms with E-state index in [1.165, 1.54) is 11.1 Å². The lowest BCUT2D eigenvalue weighted by atomic mass is 9.86. The van der Waals surface area contributed by atoms with Crippen LogP contribution in [0.5, 0.6) is 0 Å². The van der Waals surface area contributed by atoms with Crippen molar-refractivity contribution in [3.05, 3.63) is 59.2 Å². The molecule has 4 nitrogen and oxygen atoms in total. The van der Waals surface area contributed by atoms with Gasteiger partial charge in [-0.05, 0) is 61.4 Å². The predicted molar refractivity (Wildman–Crippen MR) is 112 cm³/mol. The minimum atomic E-state index is 0.0242. The summed E-state index contributed by atoms with van der Waals surface area (Å²) >= 11 is 1.67. The molecule has 1 fully saturated rings. The van der Waals surface area contributed by atoms with E-state index >= 15 is 0 Å². The van der Waals surface area contributed by atoms with Gasteiger partial charge in [-0.1, -0.05) is 24.3 Å². The molecule has 0 spiro atoms. The second-order valence-electron chi connectivity index (χ2n) is 7.91. The number of anilines is 1. The van der Waals surface area contributed by atoms with Gasteiger partial charge in [0, 0.05) is 28.7 Å². The van der Waals surface area contributed by atoms with Crippen molar-refractivity contribution in [1.82, 2.24) is 4.90 Å². The third-order valence-electron chi connectivity index (χ3n) is 5.94. The van der Waals surface area contributed by atoms with Gasteiger partial charge in [-0.15, -0.1) is 11.8 Å². The van der Waals surface area contributed by atoms with Gasteiger partial charge in [0.25, 0.3) is 5.91 Å². The van der Waals surface area contributed by atoms with Crippen molar-refractivity contribution in [3.63, 3.8) is 0 Å². The monoisotopic (exact) mass is 392 g/mol. The quantitative estimate of drug-likeness (QED) is 0.816. The lowest BCUT2D eigenvalue weighted by Crippen LogP contribution is -2.38. The third kappa shape index (κ3) is 3.32. The van der Waals surface area contributed by atoms with Crippen molar-refractivity contribution >= 4 is 29.3 Å². The van der Waals surface area contributed by atoms with E-state index in [0.29, 0.717) is 18.0 Å². The fourth-order valence-corrected chi connectivity index (χ4v) is 5.37. The number of benzene rings is 2. The van der Waals surface area contributed by atoms with E-state index in [1.807, 2.05) is 18.2 Å². The number of hydrogen-bond acceptors (Lipinski definition) is 3. The maximum absolute atomic E-state index is 13.6. The molecule has 5 heteroatoms. The summed E-state index contributed by atoms with van der Waals surface area (Å²) in [5, 5.41) is 2.97. The molecule has 1 atom stereocenters. The van der Waals surface area contributed by atoms with E-state index < -0.39 is 0 Å². The molecule has 0 radical (unpaired) electrons. The normalized spacial score (nSPS) is 21.1. The Morgan fingerprint density at radius 1 is 1.07 bits per heavy atom. The molecule has 1 aliphatic heterocycles. The number of nitrogens with one attached hydrogen (secondary N) is 1. The van der Waals surface area contributed by atoms with Gasteiger partial charge in [0.05, 0.1) is 11.7 Å². The average Bonchev–Trinajstić information content (AvgIpc) is 3.55. The number of fused-ring (bicyclic) bond motifs is 2. The highest BCUT2D eigenvalue weighted by atomic mass is 32.2. The third-order valence-corrected chi connectivity index (χ3v) is 7.01. The minimum absolute atomic E-state index is 0.0242. The molecule has 3 aliphatic rings. The van der Waals surface area contributed by atoms with Crippen molar-refractivity contribution in [3.8, 4) is 0 Å². The Morgan fingerprint density at radius 3 is 2.79 bits per heavy atom. The van der Waals surface area contributed by atoms with Crippen LogP contribution in [0.25, 0.3) is 0 Å². The topological polar surface area (TPSA) is 49.4 Å². The number of carbonyl (C=O) groups excluding carboxylic acids is 2. The fraction of sp³-hybridized carbons (Fsp3) is 0.391. The Labute approximate surface area is 169 Å². The first-order valence-corrected chi connectivity index (χ1v) is 11.2. The Kier molecular flexibility index (Phi) is 4.63. The van der Waals surface area contributed by atoms with Gasteiger partial charge in [0.15, 0.2) is 0 Å². The molecule has 0 bridgehead atoms. The van der Waals surface area contributed by atoms with Crippen LogP contribution in [0.2, 0.25) is 0 Å². The Balaban J connectivity index is 1.49. The first-order chi connectivity index (χ1) is 13.7. The van der Waals surface area contributed by atoms with Crippen LogP contribution in [-0.4, -0.2) is 28.5 Å². The van der Waals surface area contributed by atoms with E-state index in [-0.39, 0.29) is 17.9 Å². The summed E-state index contributed by atoms with van der Waals surface area (Å²) in [6, 6.07) is 14.9. The van der Waals surface area contributed by atoms with E-state index in [2.05, 4.69) is 34.5 Å². The van der Waals surface area contributed by atoms with Crippen LogP contribution in [0, 0.1) is 0 Å². The van der Waals surface area contributed by atoms with Gasteiger partial charge in [-0.3, -0.25) is 9.59 Å². The Morgan fingerprint density at radius 2 is 1.93 bits per heavy atom. The number of hydrogen-bond donors (Lipinski definition) is 1. The molecule has 2 amide bonds. The van der Waals surface area contributed by atoms with Crippen molar-refractivity contribution in [2.45, 2.75) is 55.5 Å². The van der Waals surface area contributed by atoms with Crippen LogP contribution in [0.4, 0.5) is 5.69 Å². The zero-order valence-corrected chi connectivity index (χ0v) is 16.6. The number of amides is 2. The predicted octanol–water partition coefficient (Wildman–Crippen LogP) is 4.80. The number of aryl methyl sites for hydroxylation is 1. The maximum atomic E-state index is 13.6. The Bertz CT molecular complexity index is 938. The zero-order chi connectivity index (χ0) is 19.1. The lowest BCUT2D eigenvalue weighted by molar-refractivity contribution is -0.115. The standard InChI is InChI=1S/C23H24N2O2S/c26-22-12-13-28-21-11-8-16(14-19(21)24-22)23(27)25(17-9-10-17)20-7-3-5-15-4-1-2-6-18(15)20/h1-2,4,6,8,11,14,17,20H,3,5,7,9-10,12-13H2,(H,24,26). The van der Waals surface area contributed by atoms with Gasteiger partial charge < -0.3 is 10.2 Å². The molecule has 1 saturated carbocycles. The number of rotatable bonds is 3. The van der Waals surface area contributed by atoms with Crippen LogP contribution >= 0.6 is 11.8 Å². The van der Waals surface area contributed by atoms with Crippen molar-refractivity contribution < 1.29 is 9.59 Å². The molecule has 1 N–H and O–H groups in total. The minimum Gasteiger partial charge on any atom is -0.329 e. The van der Waals surface area contributed by atoms with Crippen LogP contribution in [0.1, 0.15) is 59.6 Å². The molecular weight excluding hydrogens is 368 g/mol. The summed E-state index contributed by atoms with van der Waals surface area (Å²) in [6.45, 7) is 0. The molecular formula is C23H24N2O2S. The first kappa shape index (κ1) is 17.8. The molecule has 0 aromatic heterocycles. The summed E-state index contributed by atoms with van der Waals surface area (Å²) in [7, 11) is 0. The first-order valence-electron chi connectivity index (χ1n) is 10.2. The molecule has 144 valence electrons. The molecule has 2 aromatic carbocycles. The van der Waals surface area contributed by atoms with Crippen molar-refractivity contribution in [2.24, 2.45) is 0 Å². The van der Waals surface area contributed by atoms with Gasteiger partial charge in [0.1, 0.15) is 0 Å². The highest BCUT2D eigenvalue weighted by Gasteiger charge is 2.39. The van der Waals surface area contributed by atoms with Crippen LogP contribution in [-0.2, 0) is 11.2 Å². The van der Waals surface area contributed by atoms with Crippen molar-refractivity contribution in [1.29, 1.82) is 0 Å². The highest BCUT2D eigenvalue weighted by molar-refractivity contribution is 7.99. The second-order valence-corrected chi connectivity index (χ2v) is 9.04. The zero-order valence-electron chi connectivity index (χ0n) is 15.8. The average molecular weight is 393 g/mol. The molecule has 2 aliphatic carbocycles. The fourth-order valence-electron chi connectivity index (χ4n) is 4.43. The van der Waals surface area contributed by atoms with E-state index in [0.717, 1.165) is 48.4 Å². The summed E-state index contributed by atoms with van der Waals surface area (Å²) in [5.41, 5.74) is 4.14. The molecule has 28 heavy (non-hydrogen) atoms. The summed E-state index contributed by atoms with van der Waals surface area (Å²) in [4.78, 5) is 28.7. The van der Waals surface area contributed by atoms with Gasteiger partial charge in [0.2, 0.25) is 5.91 Å². The highest BCUT2D eigenvalue weighted by Crippen LogP contribution is 2.42. The van der Waals surface area contributed by atoms with Gasteiger partial charge in [-0.2, -0.15) is 0 Å². The summed E-state index contributed by atoms with van der Waals surface area (Å²) in [6.07, 6.45) is 5.92. The second kappa shape index (κ2) is 7.28. The largest absolute Gasteiger partial charge is 0.329 e. The molecule has 2 aromatic rings. The van der Waals surface area contributed by atoms with Crippen molar-refractivity contribution in [2.75, 3.05) is 11.1 Å². The van der Waals surface area contributed by atoms with Crippen LogP contribution in [0.3, 0.4) is 0 Å². The molecule has 5 rings (SSSR count). The van der Waals surface area contributed by atoms with Gasteiger partial charge in [-0.25, -0.2) is 0 Å². The van der Waals surface area contributed by atoms with Crippen LogP contribution in [0.15, 0.2) is 47.4 Å².